The normalized spacial score (nSPS) is 3.83. The van der Waals surface area contributed by atoms with Crippen LogP contribution in [0.5, 0.6) is 0 Å². The largest absolute Gasteiger partial charge is 0.214 e. The zero-order valence-corrected chi connectivity index (χ0v) is 7.97. The minimum absolute atomic E-state index is 0. The van der Waals surface area contributed by atoms with E-state index in [1.807, 2.05) is 30.3 Å². The minimum Gasteiger partial charge on any atom is -0.214 e. The zero-order chi connectivity index (χ0) is 9.54. The van der Waals surface area contributed by atoms with Crippen LogP contribution in [0.15, 0.2) is 30.3 Å². The summed E-state index contributed by atoms with van der Waals surface area (Å²) in [6, 6.07) is 10.0. The standard InChI is InChI=1S/C5H5.2CO.Mo.NO/c1-2-4-5-3-1;2*1-2;;1-2/h1-5H;;;;/q-1;;;;+1. The number of hydrogen-bond donors (Lipinski definition) is 0. The molecule has 0 spiro atoms. The van der Waals surface area contributed by atoms with Crippen LogP contribution in [0.1, 0.15) is 0 Å². The summed E-state index contributed by atoms with van der Waals surface area (Å²) in [5, 5.41) is 0. The molecule has 1 aromatic carbocycles. The van der Waals surface area contributed by atoms with Crippen LogP contribution in [-0.4, -0.2) is 0 Å². The van der Waals surface area contributed by atoms with Crippen LogP contribution in [0.3, 0.4) is 0 Å². The Labute approximate surface area is 84.5 Å². The summed E-state index contributed by atoms with van der Waals surface area (Å²) < 4.78 is 22.2. The molecule has 62 valence electrons. The molecule has 0 unspecified atom stereocenters. The van der Waals surface area contributed by atoms with Gasteiger partial charge in [0.1, 0.15) is 0 Å². The van der Waals surface area contributed by atoms with E-state index in [1.54, 1.807) is 0 Å². The Morgan fingerprint density at radius 3 is 1.25 bits per heavy atom. The maximum Gasteiger partial charge on any atom is 0 e. The molecule has 0 aliphatic heterocycles. The molecule has 4 nitrogen and oxygen atoms in total. The molecular weight excluding hydrogens is 242 g/mol. The van der Waals surface area contributed by atoms with Gasteiger partial charge >= 0.3 is 32.8 Å². The summed E-state index contributed by atoms with van der Waals surface area (Å²) in [6.45, 7) is 9.00. The molecule has 0 aliphatic carbocycles. The molecule has 0 saturated carbocycles. The summed E-state index contributed by atoms with van der Waals surface area (Å²) in [4.78, 5) is 0. The summed E-state index contributed by atoms with van der Waals surface area (Å²) in [7, 11) is 0. The monoisotopic (exact) mass is 249 g/mol. The quantitative estimate of drug-likeness (QED) is 0.385. The Bertz CT molecular complexity index is 147. The van der Waals surface area contributed by atoms with E-state index in [4.69, 9.17) is 19.5 Å². The average molecular weight is 247 g/mol. The molecule has 0 fully saturated rings. The second-order valence-corrected chi connectivity index (χ2v) is 0.962. The third kappa shape index (κ3) is 35.1. The van der Waals surface area contributed by atoms with E-state index in [2.05, 4.69) is 13.3 Å². The van der Waals surface area contributed by atoms with E-state index in [0.717, 1.165) is 0 Å². The van der Waals surface area contributed by atoms with Gasteiger partial charge in [-0.1, -0.05) is 0 Å². The van der Waals surface area contributed by atoms with Crippen molar-refractivity contribution < 1.29 is 35.1 Å². The molecule has 0 heterocycles. The maximum atomic E-state index is 7.50. The van der Waals surface area contributed by atoms with Crippen LogP contribution in [0.2, 0.25) is 0 Å². The molecule has 0 saturated heterocycles. The first-order valence-electron chi connectivity index (χ1n) is 2.26. The van der Waals surface area contributed by atoms with Crippen molar-refractivity contribution in [1.29, 1.82) is 5.46 Å². The van der Waals surface area contributed by atoms with Gasteiger partial charge in [0.25, 0.3) is 0 Å². The molecule has 12 heavy (non-hydrogen) atoms. The van der Waals surface area contributed by atoms with Crippen molar-refractivity contribution in [3.05, 3.63) is 43.6 Å². The van der Waals surface area contributed by atoms with Crippen molar-refractivity contribution in [2.75, 3.05) is 0 Å². The predicted molar refractivity (Wildman–Crippen MR) is 32.3 cm³/mol. The molecule has 0 bridgehead atoms. The molecule has 1 aromatic rings. The fourth-order valence-electron chi connectivity index (χ4n) is 0.321. The smallest absolute Gasteiger partial charge is 0 e. The molecule has 0 amide bonds. The zero-order valence-electron chi connectivity index (χ0n) is 5.97. The molecule has 0 aliphatic rings. The molecule has 0 N–H and O–H groups in total. The maximum absolute atomic E-state index is 7.50. The SMILES string of the molecule is N#[O+].[C-]#[O+].[C-]#[O+].[Mo].c1cc[cH-]c1. The van der Waals surface area contributed by atoms with Crippen molar-refractivity contribution in [2.24, 2.45) is 0 Å². The third-order valence-corrected chi connectivity index (χ3v) is 0.556. The van der Waals surface area contributed by atoms with E-state index in [1.165, 1.54) is 0 Å². The summed E-state index contributed by atoms with van der Waals surface area (Å²) in [6.07, 6.45) is 0. The van der Waals surface area contributed by atoms with E-state index < -0.39 is 0 Å². The van der Waals surface area contributed by atoms with Crippen LogP contribution < -0.4 is 0 Å². The molecule has 0 radical (unpaired) electrons. The molecule has 1 rings (SSSR count). The fraction of sp³-hybridized carbons (Fsp3) is 0. The van der Waals surface area contributed by atoms with Gasteiger partial charge in [0.15, 0.2) is 0 Å². The first kappa shape index (κ1) is 22.5. The number of hydrogen-bond acceptors (Lipinski definition) is 1. The van der Waals surface area contributed by atoms with Crippen molar-refractivity contribution in [3.63, 3.8) is 0 Å². The average Bonchev–Trinajstić information content (AvgIpc) is 2.71. The summed E-state index contributed by atoms with van der Waals surface area (Å²) in [5.74, 6) is 0. The van der Waals surface area contributed by atoms with Gasteiger partial charge in [0.2, 0.25) is 0 Å². The van der Waals surface area contributed by atoms with Gasteiger partial charge in [-0.05, 0) is 0 Å². The van der Waals surface area contributed by atoms with Gasteiger partial charge in [-0.2, -0.15) is 18.2 Å². The molecule has 5 heteroatoms. The Morgan fingerprint density at radius 2 is 1.17 bits per heavy atom. The minimum atomic E-state index is 0. The number of rotatable bonds is 0. The van der Waals surface area contributed by atoms with Crippen molar-refractivity contribution >= 4 is 0 Å². The van der Waals surface area contributed by atoms with Gasteiger partial charge in [-0.15, -0.1) is 0 Å². The molecular formula is C7H5MoNO3. The third-order valence-electron chi connectivity index (χ3n) is 0.556. The van der Waals surface area contributed by atoms with Gasteiger partial charge < -0.3 is 0 Å². The Hall–Kier alpha value is -0.812. The Balaban J connectivity index is -0.0000000406. The van der Waals surface area contributed by atoms with Gasteiger partial charge in [-0.25, -0.2) is 12.1 Å². The van der Waals surface area contributed by atoms with Crippen LogP contribution in [0.4, 0.5) is 0 Å². The van der Waals surface area contributed by atoms with Gasteiger partial charge in [0, 0.05) is 21.1 Å². The number of nitrogens with zero attached hydrogens (tertiary/aromatic N) is 1. The van der Waals surface area contributed by atoms with Crippen LogP contribution >= 0.6 is 0 Å². The molecule has 0 atom stereocenters. The van der Waals surface area contributed by atoms with Crippen molar-refractivity contribution in [1.82, 2.24) is 0 Å². The topological polar surface area (TPSA) is 83.5 Å². The van der Waals surface area contributed by atoms with Crippen LogP contribution in [-0.2, 0) is 35.1 Å². The van der Waals surface area contributed by atoms with Crippen LogP contribution in [0, 0.1) is 18.8 Å². The Morgan fingerprint density at radius 1 is 0.917 bits per heavy atom. The van der Waals surface area contributed by atoms with Crippen molar-refractivity contribution in [2.45, 2.75) is 0 Å². The van der Waals surface area contributed by atoms with Gasteiger partial charge in [0.05, 0.1) is 0 Å². The summed E-state index contributed by atoms with van der Waals surface area (Å²) in [5.41, 5.74) is 5.75. The van der Waals surface area contributed by atoms with Crippen molar-refractivity contribution in [3.8, 4) is 0 Å². The second-order valence-electron chi connectivity index (χ2n) is 0.962. The molecule has 0 aromatic heterocycles. The first-order valence-corrected chi connectivity index (χ1v) is 2.26. The fourth-order valence-corrected chi connectivity index (χ4v) is 0.321. The predicted octanol–water partition coefficient (Wildman–Crippen LogP) is 1.22. The van der Waals surface area contributed by atoms with E-state index in [9.17, 15) is 0 Å². The van der Waals surface area contributed by atoms with E-state index >= 15 is 0 Å². The van der Waals surface area contributed by atoms with E-state index in [0.29, 0.717) is 0 Å². The Kier molecular flexibility index (Phi) is 91.8. The van der Waals surface area contributed by atoms with Gasteiger partial charge in [-0.3, -0.25) is 0 Å². The summed E-state index contributed by atoms with van der Waals surface area (Å²) >= 11 is 0. The van der Waals surface area contributed by atoms with Crippen LogP contribution in [0.25, 0.3) is 0 Å². The second kappa shape index (κ2) is 49.0. The first-order chi connectivity index (χ1) is 5.50. The van der Waals surface area contributed by atoms with E-state index in [-0.39, 0.29) is 21.1 Å².